The van der Waals surface area contributed by atoms with Gasteiger partial charge in [-0.3, -0.25) is 0 Å². The van der Waals surface area contributed by atoms with Crippen molar-refractivity contribution in [2.45, 2.75) is 25.0 Å². The molecule has 0 N–H and O–H groups in total. The quantitative estimate of drug-likeness (QED) is 0.648. The number of alkyl halides is 4. The highest BCUT2D eigenvalue weighted by molar-refractivity contribution is 7.10. The van der Waals surface area contributed by atoms with E-state index in [1.165, 1.54) is 12.1 Å². The molecule has 2 rings (SSSR count). The molecule has 2 aromatic rings. The summed E-state index contributed by atoms with van der Waals surface area (Å²) in [7, 11) is 1.79. The molecular formula is C15H15ClF3NS. The number of halogens is 4. The van der Waals surface area contributed by atoms with Gasteiger partial charge in [0, 0.05) is 23.5 Å². The first kappa shape index (κ1) is 16.2. The molecule has 1 nitrogen and oxygen atoms in total. The lowest BCUT2D eigenvalue weighted by Crippen LogP contribution is -2.21. The van der Waals surface area contributed by atoms with E-state index in [0.29, 0.717) is 5.69 Å². The highest BCUT2D eigenvalue weighted by Crippen LogP contribution is 2.37. The summed E-state index contributed by atoms with van der Waals surface area (Å²) in [5.41, 5.74) is -0.0394. The van der Waals surface area contributed by atoms with Crippen molar-refractivity contribution in [1.82, 2.24) is 0 Å². The second-order valence-corrected chi connectivity index (χ2v) is 6.02. The van der Waals surface area contributed by atoms with Gasteiger partial charge in [-0.05, 0) is 36.1 Å². The van der Waals surface area contributed by atoms with Crippen LogP contribution in [0.3, 0.4) is 0 Å². The number of rotatable bonds is 4. The molecule has 1 atom stereocenters. The van der Waals surface area contributed by atoms with Crippen molar-refractivity contribution in [1.29, 1.82) is 0 Å². The molecule has 0 aliphatic carbocycles. The monoisotopic (exact) mass is 333 g/mol. The van der Waals surface area contributed by atoms with E-state index in [1.807, 2.05) is 29.3 Å². The number of benzene rings is 1. The Hall–Kier alpha value is -1.20. The Kier molecular flexibility index (Phi) is 4.84. The molecule has 114 valence electrons. The van der Waals surface area contributed by atoms with E-state index in [4.69, 9.17) is 11.6 Å². The topological polar surface area (TPSA) is 3.24 Å². The van der Waals surface area contributed by atoms with Crippen molar-refractivity contribution in [3.05, 3.63) is 51.7 Å². The van der Waals surface area contributed by atoms with Gasteiger partial charge in [0.1, 0.15) is 0 Å². The number of hydrogen-bond donors (Lipinski definition) is 0. The summed E-state index contributed by atoms with van der Waals surface area (Å²) in [6.07, 6.45) is -4.40. The van der Waals surface area contributed by atoms with Crippen molar-refractivity contribution < 1.29 is 13.2 Å². The minimum Gasteiger partial charge on any atom is -0.367 e. The lowest BCUT2D eigenvalue weighted by atomic mass is 10.1. The fourth-order valence-electron chi connectivity index (χ4n) is 2.11. The van der Waals surface area contributed by atoms with Gasteiger partial charge in [-0.1, -0.05) is 12.1 Å². The summed E-state index contributed by atoms with van der Waals surface area (Å²) in [5.74, 6) is -0.153. The predicted molar refractivity (Wildman–Crippen MR) is 82.1 cm³/mol. The molecule has 0 aliphatic rings. The lowest BCUT2D eigenvalue weighted by molar-refractivity contribution is -0.138. The van der Waals surface area contributed by atoms with Crippen molar-refractivity contribution >= 4 is 28.6 Å². The summed E-state index contributed by atoms with van der Waals surface area (Å²) in [4.78, 5) is 2.94. The molecule has 0 amide bonds. The third-order valence-corrected chi connectivity index (χ3v) is 4.82. The Labute approximate surface area is 131 Å². The van der Waals surface area contributed by atoms with Crippen LogP contribution in [0.1, 0.15) is 29.0 Å². The SMILES string of the molecule is CC(c1cccs1)N(C)c1ccc(CCl)c(C(F)(F)F)c1. The van der Waals surface area contributed by atoms with Crippen LogP contribution in [0.15, 0.2) is 35.7 Å². The molecule has 1 aromatic carbocycles. The van der Waals surface area contributed by atoms with Gasteiger partial charge in [-0.15, -0.1) is 22.9 Å². The van der Waals surface area contributed by atoms with Crippen LogP contribution in [-0.2, 0) is 12.1 Å². The van der Waals surface area contributed by atoms with E-state index in [0.717, 1.165) is 4.88 Å². The van der Waals surface area contributed by atoms with Crippen molar-refractivity contribution in [3.63, 3.8) is 0 Å². The van der Waals surface area contributed by atoms with E-state index in [2.05, 4.69) is 0 Å². The van der Waals surface area contributed by atoms with Gasteiger partial charge in [0.2, 0.25) is 0 Å². The zero-order valence-corrected chi connectivity index (χ0v) is 13.2. The van der Waals surface area contributed by atoms with Crippen LogP contribution in [0.25, 0.3) is 0 Å². The van der Waals surface area contributed by atoms with E-state index < -0.39 is 11.7 Å². The van der Waals surface area contributed by atoms with E-state index in [9.17, 15) is 13.2 Å². The molecule has 0 aliphatic heterocycles. The van der Waals surface area contributed by atoms with E-state index in [1.54, 1.807) is 24.5 Å². The summed E-state index contributed by atoms with van der Waals surface area (Å²) >= 11 is 7.19. The van der Waals surface area contributed by atoms with Gasteiger partial charge in [-0.2, -0.15) is 13.2 Å². The largest absolute Gasteiger partial charge is 0.416 e. The van der Waals surface area contributed by atoms with Crippen molar-refractivity contribution in [3.8, 4) is 0 Å². The van der Waals surface area contributed by atoms with Gasteiger partial charge in [0.15, 0.2) is 0 Å². The third-order valence-electron chi connectivity index (χ3n) is 3.49. The standard InChI is InChI=1S/C15H15ClF3NS/c1-10(14-4-3-7-21-14)20(2)12-6-5-11(9-16)13(8-12)15(17,18)19/h3-8,10H,9H2,1-2H3. The van der Waals surface area contributed by atoms with E-state index >= 15 is 0 Å². The Bertz CT molecular complexity index is 595. The molecule has 0 fully saturated rings. The number of nitrogens with zero attached hydrogens (tertiary/aromatic N) is 1. The predicted octanol–water partition coefficient (Wildman–Crippen LogP) is 5.70. The first-order valence-corrected chi connectivity index (χ1v) is 7.78. The van der Waals surface area contributed by atoms with Crippen LogP contribution in [0.2, 0.25) is 0 Å². The van der Waals surface area contributed by atoms with Gasteiger partial charge in [0.25, 0.3) is 0 Å². The third kappa shape index (κ3) is 3.52. The molecular weight excluding hydrogens is 319 g/mol. The highest BCUT2D eigenvalue weighted by atomic mass is 35.5. The second kappa shape index (κ2) is 6.28. The number of anilines is 1. The summed E-state index contributed by atoms with van der Waals surface area (Å²) < 4.78 is 39.2. The fraction of sp³-hybridized carbons (Fsp3) is 0.333. The molecule has 21 heavy (non-hydrogen) atoms. The Balaban J connectivity index is 2.36. The summed E-state index contributed by atoms with van der Waals surface area (Å²) in [6, 6.07) is 8.21. The lowest BCUT2D eigenvalue weighted by Gasteiger charge is -2.27. The smallest absolute Gasteiger partial charge is 0.367 e. The summed E-state index contributed by atoms with van der Waals surface area (Å²) in [5, 5.41) is 1.96. The fourth-order valence-corrected chi connectivity index (χ4v) is 3.17. The van der Waals surface area contributed by atoms with Crippen LogP contribution < -0.4 is 4.90 Å². The zero-order chi connectivity index (χ0) is 15.6. The van der Waals surface area contributed by atoms with Crippen LogP contribution in [-0.4, -0.2) is 7.05 Å². The zero-order valence-electron chi connectivity index (χ0n) is 11.6. The molecule has 0 spiro atoms. The van der Waals surface area contributed by atoms with Crippen molar-refractivity contribution in [2.75, 3.05) is 11.9 Å². The first-order valence-electron chi connectivity index (χ1n) is 6.37. The molecule has 0 radical (unpaired) electrons. The van der Waals surface area contributed by atoms with Crippen LogP contribution in [0.5, 0.6) is 0 Å². The minimum atomic E-state index is -4.40. The molecule has 1 aromatic heterocycles. The number of hydrogen-bond acceptors (Lipinski definition) is 2. The Morgan fingerprint density at radius 1 is 1.29 bits per heavy atom. The molecule has 0 saturated carbocycles. The molecule has 1 heterocycles. The molecule has 0 bridgehead atoms. The number of thiophene rings is 1. The maximum Gasteiger partial charge on any atom is 0.416 e. The summed E-state index contributed by atoms with van der Waals surface area (Å²) in [6.45, 7) is 1.97. The molecule has 1 unspecified atom stereocenters. The van der Waals surface area contributed by atoms with Crippen LogP contribution in [0.4, 0.5) is 18.9 Å². The van der Waals surface area contributed by atoms with Crippen molar-refractivity contribution in [2.24, 2.45) is 0 Å². The normalized spacial score (nSPS) is 13.2. The van der Waals surface area contributed by atoms with Gasteiger partial charge in [-0.25, -0.2) is 0 Å². The minimum absolute atomic E-state index is 0.00735. The first-order chi connectivity index (χ1) is 9.84. The highest BCUT2D eigenvalue weighted by Gasteiger charge is 2.33. The average Bonchev–Trinajstić information content (AvgIpc) is 2.98. The van der Waals surface area contributed by atoms with Gasteiger partial charge >= 0.3 is 6.18 Å². The molecule has 6 heteroatoms. The van der Waals surface area contributed by atoms with Gasteiger partial charge in [0.05, 0.1) is 11.6 Å². The van der Waals surface area contributed by atoms with Gasteiger partial charge < -0.3 is 4.90 Å². The maximum atomic E-state index is 13.1. The average molecular weight is 334 g/mol. The van der Waals surface area contributed by atoms with Crippen LogP contribution >= 0.6 is 22.9 Å². The van der Waals surface area contributed by atoms with Crippen LogP contribution in [0, 0.1) is 0 Å². The Morgan fingerprint density at radius 2 is 2.00 bits per heavy atom. The Morgan fingerprint density at radius 3 is 2.52 bits per heavy atom. The van der Waals surface area contributed by atoms with E-state index in [-0.39, 0.29) is 17.5 Å². The maximum absolute atomic E-state index is 13.1. The second-order valence-electron chi connectivity index (χ2n) is 4.78. The molecule has 0 saturated heterocycles.